The third kappa shape index (κ3) is 6.35. The van der Waals surface area contributed by atoms with Crippen molar-refractivity contribution in [1.82, 2.24) is 10.6 Å². The molecule has 0 unspecified atom stereocenters. The summed E-state index contributed by atoms with van der Waals surface area (Å²) < 4.78 is 0. The summed E-state index contributed by atoms with van der Waals surface area (Å²) in [6, 6.07) is 16.7. The summed E-state index contributed by atoms with van der Waals surface area (Å²) in [5.41, 5.74) is 2.29. The van der Waals surface area contributed by atoms with E-state index in [2.05, 4.69) is 16.0 Å². The summed E-state index contributed by atoms with van der Waals surface area (Å²) in [5.74, 6) is -0.301. The maximum atomic E-state index is 12.0. The molecule has 25 heavy (non-hydrogen) atoms. The van der Waals surface area contributed by atoms with Crippen LogP contribution in [0, 0.1) is 0 Å². The summed E-state index contributed by atoms with van der Waals surface area (Å²) in [7, 11) is 0. The van der Waals surface area contributed by atoms with E-state index in [0.717, 1.165) is 5.56 Å². The van der Waals surface area contributed by atoms with Crippen molar-refractivity contribution < 1.29 is 9.59 Å². The number of aryl methyl sites for hydroxylation is 1. The zero-order valence-corrected chi connectivity index (χ0v) is 14.9. The molecule has 3 N–H and O–H groups in total. The van der Waals surface area contributed by atoms with E-state index in [1.807, 2.05) is 37.3 Å². The monoisotopic (exact) mass is 355 g/mol. The normalized spacial score (nSPS) is 9.96. The number of amides is 2. The van der Waals surface area contributed by atoms with E-state index in [0.29, 0.717) is 30.6 Å². The predicted molar refractivity (Wildman–Crippen MR) is 104 cm³/mol. The van der Waals surface area contributed by atoms with Crippen LogP contribution >= 0.6 is 12.2 Å². The van der Waals surface area contributed by atoms with Gasteiger partial charge in [0.25, 0.3) is 5.91 Å². The Morgan fingerprint density at radius 1 is 1.04 bits per heavy atom. The van der Waals surface area contributed by atoms with Gasteiger partial charge in [-0.15, -0.1) is 0 Å². The number of rotatable bonds is 6. The number of carbonyl (C=O) groups excluding carboxylic acids is 2. The molecular weight excluding hydrogens is 334 g/mol. The molecule has 0 spiro atoms. The quantitative estimate of drug-likeness (QED) is 0.697. The Kier molecular flexibility index (Phi) is 7.10. The summed E-state index contributed by atoms with van der Waals surface area (Å²) in [4.78, 5) is 23.8. The molecular formula is C19H21N3O2S. The van der Waals surface area contributed by atoms with Crippen LogP contribution in [0.5, 0.6) is 0 Å². The van der Waals surface area contributed by atoms with Crippen LogP contribution in [-0.2, 0) is 11.2 Å². The lowest BCUT2D eigenvalue weighted by Gasteiger charge is -2.11. The molecule has 0 fully saturated rings. The fourth-order valence-corrected chi connectivity index (χ4v) is 2.49. The first kappa shape index (κ1) is 18.6. The molecule has 0 atom stereocenters. The molecule has 2 amide bonds. The lowest BCUT2D eigenvalue weighted by atomic mass is 10.1. The Bertz CT molecular complexity index is 747. The standard InChI is InChI=1S/C19H21N3O2S/c1-2-20-18(24)15-9-6-10-16(13-15)21-19(25)22-17(23)12-11-14-7-4-3-5-8-14/h3-10,13H,2,11-12H2,1H3,(H,20,24)(H2,21,22,23,25). The molecule has 0 aromatic heterocycles. The van der Waals surface area contributed by atoms with Crippen LogP contribution in [0.25, 0.3) is 0 Å². The van der Waals surface area contributed by atoms with E-state index in [-0.39, 0.29) is 16.9 Å². The summed E-state index contributed by atoms with van der Waals surface area (Å²) in [5, 5.41) is 8.53. The van der Waals surface area contributed by atoms with Gasteiger partial charge in [0.2, 0.25) is 5.91 Å². The number of hydrogen-bond acceptors (Lipinski definition) is 3. The lowest BCUT2D eigenvalue weighted by Crippen LogP contribution is -2.34. The van der Waals surface area contributed by atoms with Crippen molar-refractivity contribution in [2.75, 3.05) is 11.9 Å². The summed E-state index contributed by atoms with van der Waals surface area (Å²) >= 11 is 5.16. The molecule has 0 heterocycles. The molecule has 0 saturated heterocycles. The van der Waals surface area contributed by atoms with Crippen molar-refractivity contribution in [3.05, 3.63) is 65.7 Å². The van der Waals surface area contributed by atoms with E-state index < -0.39 is 0 Å². The van der Waals surface area contributed by atoms with Crippen LogP contribution in [0.3, 0.4) is 0 Å². The van der Waals surface area contributed by atoms with Crippen LogP contribution in [0.15, 0.2) is 54.6 Å². The van der Waals surface area contributed by atoms with E-state index >= 15 is 0 Å². The van der Waals surface area contributed by atoms with Crippen molar-refractivity contribution in [2.45, 2.75) is 19.8 Å². The first-order valence-corrected chi connectivity index (χ1v) is 8.52. The van der Waals surface area contributed by atoms with E-state index in [1.54, 1.807) is 24.3 Å². The highest BCUT2D eigenvalue weighted by atomic mass is 32.1. The number of nitrogens with one attached hydrogen (secondary N) is 3. The second-order valence-corrected chi connectivity index (χ2v) is 5.84. The molecule has 130 valence electrons. The third-order valence-corrected chi connectivity index (χ3v) is 3.66. The van der Waals surface area contributed by atoms with Crippen LogP contribution in [0.2, 0.25) is 0 Å². The molecule has 0 bridgehead atoms. The fourth-order valence-electron chi connectivity index (χ4n) is 2.25. The number of anilines is 1. The third-order valence-electron chi connectivity index (χ3n) is 3.46. The number of thiocarbonyl (C=S) groups is 1. The molecule has 0 radical (unpaired) electrons. The molecule has 0 aliphatic rings. The average molecular weight is 355 g/mol. The zero-order chi connectivity index (χ0) is 18.1. The van der Waals surface area contributed by atoms with Crippen LogP contribution in [-0.4, -0.2) is 23.5 Å². The Morgan fingerprint density at radius 3 is 2.52 bits per heavy atom. The summed E-state index contributed by atoms with van der Waals surface area (Å²) in [6.07, 6.45) is 1.01. The van der Waals surface area contributed by atoms with Gasteiger partial charge in [0.05, 0.1) is 0 Å². The van der Waals surface area contributed by atoms with E-state index in [1.165, 1.54) is 0 Å². The largest absolute Gasteiger partial charge is 0.352 e. The van der Waals surface area contributed by atoms with Crippen molar-refractivity contribution in [1.29, 1.82) is 0 Å². The van der Waals surface area contributed by atoms with Gasteiger partial charge in [-0.2, -0.15) is 0 Å². The number of benzene rings is 2. The molecule has 2 aromatic carbocycles. The molecule has 2 rings (SSSR count). The Morgan fingerprint density at radius 2 is 1.80 bits per heavy atom. The molecule has 2 aromatic rings. The SMILES string of the molecule is CCNC(=O)c1cccc(NC(=S)NC(=O)CCc2ccccc2)c1. The van der Waals surface area contributed by atoms with Gasteiger partial charge in [-0.1, -0.05) is 36.4 Å². The van der Waals surface area contributed by atoms with Gasteiger partial charge < -0.3 is 16.0 Å². The maximum absolute atomic E-state index is 12.0. The first-order valence-electron chi connectivity index (χ1n) is 8.11. The Hall–Kier alpha value is -2.73. The smallest absolute Gasteiger partial charge is 0.251 e. The van der Waals surface area contributed by atoms with Gasteiger partial charge >= 0.3 is 0 Å². The van der Waals surface area contributed by atoms with E-state index in [4.69, 9.17) is 12.2 Å². The van der Waals surface area contributed by atoms with Gasteiger partial charge in [0, 0.05) is 24.2 Å². The van der Waals surface area contributed by atoms with Crippen LogP contribution in [0.1, 0.15) is 29.3 Å². The summed E-state index contributed by atoms with van der Waals surface area (Å²) in [6.45, 7) is 2.42. The lowest BCUT2D eigenvalue weighted by molar-refractivity contribution is -0.119. The number of hydrogen-bond donors (Lipinski definition) is 3. The zero-order valence-electron chi connectivity index (χ0n) is 14.0. The van der Waals surface area contributed by atoms with Gasteiger partial charge in [0.15, 0.2) is 5.11 Å². The highest BCUT2D eigenvalue weighted by molar-refractivity contribution is 7.80. The highest BCUT2D eigenvalue weighted by Crippen LogP contribution is 2.10. The topological polar surface area (TPSA) is 70.2 Å². The van der Waals surface area contributed by atoms with Crippen LogP contribution in [0.4, 0.5) is 5.69 Å². The molecule has 6 heteroatoms. The van der Waals surface area contributed by atoms with Gasteiger partial charge in [-0.25, -0.2) is 0 Å². The minimum atomic E-state index is -0.152. The minimum absolute atomic E-state index is 0.149. The van der Waals surface area contributed by atoms with Crippen molar-refractivity contribution in [3.8, 4) is 0 Å². The fraction of sp³-hybridized carbons (Fsp3) is 0.211. The van der Waals surface area contributed by atoms with Crippen LogP contribution < -0.4 is 16.0 Å². The van der Waals surface area contributed by atoms with Gasteiger partial charge in [0.1, 0.15) is 0 Å². The maximum Gasteiger partial charge on any atom is 0.251 e. The Labute approximate surface area is 152 Å². The average Bonchev–Trinajstić information content (AvgIpc) is 2.61. The van der Waals surface area contributed by atoms with E-state index in [9.17, 15) is 9.59 Å². The second-order valence-electron chi connectivity index (χ2n) is 5.43. The highest BCUT2D eigenvalue weighted by Gasteiger charge is 2.08. The molecule has 0 aliphatic heterocycles. The second kappa shape index (κ2) is 9.54. The Balaban J connectivity index is 1.84. The number of carbonyl (C=O) groups is 2. The van der Waals surface area contributed by atoms with Crippen molar-refractivity contribution in [3.63, 3.8) is 0 Å². The van der Waals surface area contributed by atoms with Gasteiger partial charge in [-0.3, -0.25) is 9.59 Å². The van der Waals surface area contributed by atoms with Gasteiger partial charge in [-0.05, 0) is 49.3 Å². The van der Waals surface area contributed by atoms with Crippen molar-refractivity contribution in [2.24, 2.45) is 0 Å². The molecule has 0 saturated carbocycles. The molecule has 0 aliphatic carbocycles. The molecule has 5 nitrogen and oxygen atoms in total. The minimum Gasteiger partial charge on any atom is -0.352 e. The van der Waals surface area contributed by atoms with Crippen molar-refractivity contribution >= 4 is 34.8 Å². The predicted octanol–water partition coefficient (Wildman–Crippen LogP) is 2.88. The first-order chi connectivity index (χ1) is 12.1.